The second kappa shape index (κ2) is 7.63. The van der Waals surface area contributed by atoms with Crippen molar-refractivity contribution < 1.29 is 14.6 Å². The highest BCUT2D eigenvalue weighted by molar-refractivity contribution is 5.77. The zero-order valence-corrected chi connectivity index (χ0v) is 10.7. The normalized spacial score (nSPS) is 16.8. The van der Waals surface area contributed by atoms with Crippen molar-refractivity contribution in [2.75, 3.05) is 13.2 Å². The third-order valence-electron chi connectivity index (χ3n) is 2.79. The number of unbranched alkanes of at least 4 members (excludes halogenated alkanes) is 1. The first-order valence-corrected chi connectivity index (χ1v) is 6.04. The third kappa shape index (κ3) is 6.08. The molecule has 0 aliphatic rings. The maximum atomic E-state index is 10.7. The first-order chi connectivity index (χ1) is 7.44. The molecule has 0 aliphatic carbocycles. The fraction of sp³-hybridized carbons (Fsp3) is 0.917. The molecule has 0 aromatic rings. The van der Waals surface area contributed by atoms with Crippen molar-refractivity contribution in [3.63, 3.8) is 0 Å². The Hall–Kier alpha value is -0.610. The molecule has 0 saturated carbocycles. The summed E-state index contributed by atoms with van der Waals surface area (Å²) >= 11 is 0. The molecule has 0 amide bonds. The summed E-state index contributed by atoms with van der Waals surface area (Å²) in [6, 6.07) is 0. The Labute approximate surface area is 98.2 Å². The van der Waals surface area contributed by atoms with Gasteiger partial charge in [0.05, 0.1) is 6.61 Å². The standard InChI is InChI=1S/C12H25NO3/c1-4-6-7-10(5-2)8-16-9-12(3,13)11(14)15/h10H,4-9,13H2,1-3H3,(H,14,15). The number of carbonyl (C=O) groups is 1. The van der Waals surface area contributed by atoms with Gasteiger partial charge >= 0.3 is 5.97 Å². The van der Waals surface area contributed by atoms with E-state index in [1.807, 2.05) is 0 Å². The minimum Gasteiger partial charge on any atom is -0.480 e. The van der Waals surface area contributed by atoms with Gasteiger partial charge in [0.15, 0.2) is 0 Å². The van der Waals surface area contributed by atoms with Crippen molar-refractivity contribution in [1.29, 1.82) is 0 Å². The topological polar surface area (TPSA) is 72.5 Å². The number of nitrogens with two attached hydrogens (primary N) is 1. The molecule has 96 valence electrons. The summed E-state index contributed by atoms with van der Waals surface area (Å²) in [6.07, 6.45) is 4.58. The van der Waals surface area contributed by atoms with Crippen molar-refractivity contribution >= 4 is 5.97 Å². The van der Waals surface area contributed by atoms with Gasteiger partial charge in [-0.3, -0.25) is 4.79 Å². The summed E-state index contributed by atoms with van der Waals surface area (Å²) in [4.78, 5) is 10.7. The minimum absolute atomic E-state index is 0.0744. The van der Waals surface area contributed by atoms with E-state index in [9.17, 15) is 4.79 Å². The van der Waals surface area contributed by atoms with Crippen molar-refractivity contribution in [2.24, 2.45) is 11.7 Å². The molecule has 3 N–H and O–H groups in total. The molecule has 2 unspecified atom stereocenters. The highest BCUT2D eigenvalue weighted by Crippen LogP contribution is 2.13. The lowest BCUT2D eigenvalue weighted by Gasteiger charge is -2.21. The molecule has 0 rings (SSSR count). The average molecular weight is 231 g/mol. The quantitative estimate of drug-likeness (QED) is 0.636. The Morgan fingerprint density at radius 3 is 2.56 bits per heavy atom. The summed E-state index contributed by atoms with van der Waals surface area (Å²) in [7, 11) is 0. The SMILES string of the molecule is CCCCC(CC)COCC(C)(N)C(=O)O. The van der Waals surface area contributed by atoms with Gasteiger partial charge in [0, 0.05) is 6.61 Å². The Kier molecular flexibility index (Phi) is 7.34. The highest BCUT2D eigenvalue weighted by Gasteiger charge is 2.28. The molecule has 4 nitrogen and oxygen atoms in total. The molecule has 0 bridgehead atoms. The monoisotopic (exact) mass is 231 g/mol. The van der Waals surface area contributed by atoms with Gasteiger partial charge in [0.1, 0.15) is 5.54 Å². The van der Waals surface area contributed by atoms with Crippen LogP contribution in [0.15, 0.2) is 0 Å². The fourth-order valence-electron chi connectivity index (χ4n) is 1.40. The lowest BCUT2D eigenvalue weighted by molar-refractivity contribution is -0.145. The van der Waals surface area contributed by atoms with E-state index in [4.69, 9.17) is 15.6 Å². The lowest BCUT2D eigenvalue weighted by Crippen LogP contribution is -2.49. The predicted octanol–water partition coefficient (Wildman–Crippen LogP) is 2.02. The molecule has 0 aromatic heterocycles. The second-order valence-electron chi connectivity index (χ2n) is 4.65. The molecular weight excluding hydrogens is 206 g/mol. The van der Waals surface area contributed by atoms with E-state index in [0.717, 1.165) is 12.8 Å². The number of carboxylic acids is 1. The maximum absolute atomic E-state index is 10.7. The van der Waals surface area contributed by atoms with Crippen LogP contribution >= 0.6 is 0 Å². The molecule has 0 saturated heterocycles. The van der Waals surface area contributed by atoms with E-state index in [1.165, 1.54) is 19.8 Å². The van der Waals surface area contributed by atoms with Crippen LogP contribution in [0.25, 0.3) is 0 Å². The summed E-state index contributed by atoms with van der Waals surface area (Å²) < 4.78 is 5.40. The number of carboxylic acid groups (broad SMARTS) is 1. The molecule has 16 heavy (non-hydrogen) atoms. The third-order valence-corrected chi connectivity index (χ3v) is 2.79. The molecule has 0 aliphatic heterocycles. The first-order valence-electron chi connectivity index (χ1n) is 6.04. The van der Waals surface area contributed by atoms with Crippen molar-refractivity contribution in [2.45, 2.75) is 52.0 Å². The summed E-state index contributed by atoms with van der Waals surface area (Å²) in [6.45, 7) is 6.45. The second-order valence-corrected chi connectivity index (χ2v) is 4.65. The van der Waals surface area contributed by atoms with E-state index < -0.39 is 11.5 Å². The van der Waals surface area contributed by atoms with Crippen molar-refractivity contribution in [1.82, 2.24) is 0 Å². The van der Waals surface area contributed by atoms with Crippen molar-refractivity contribution in [3.8, 4) is 0 Å². The van der Waals surface area contributed by atoms with Crippen LogP contribution in [0.5, 0.6) is 0 Å². The molecular formula is C12H25NO3. The number of aliphatic carboxylic acids is 1. The molecule has 0 fully saturated rings. The molecule has 2 atom stereocenters. The molecule has 0 spiro atoms. The van der Waals surface area contributed by atoms with E-state index in [-0.39, 0.29) is 6.61 Å². The number of rotatable bonds is 9. The number of hydrogen-bond acceptors (Lipinski definition) is 3. The van der Waals surface area contributed by atoms with Crippen LogP contribution in [0.2, 0.25) is 0 Å². The number of ether oxygens (including phenoxy) is 1. The lowest BCUT2D eigenvalue weighted by atomic mass is 10.0. The van der Waals surface area contributed by atoms with Crippen LogP contribution in [0.3, 0.4) is 0 Å². The first kappa shape index (κ1) is 15.4. The Bertz CT molecular complexity index is 204. The summed E-state index contributed by atoms with van der Waals surface area (Å²) in [5.74, 6) is -0.501. The van der Waals surface area contributed by atoms with Gasteiger partial charge < -0.3 is 15.6 Å². The average Bonchev–Trinajstić information content (AvgIpc) is 2.22. The Balaban J connectivity index is 3.81. The van der Waals surface area contributed by atoms with Gasteiger partial charge in [-0.1, -0.05) is 33.1 Å². The summed E-state index contributed by atoms with van der Waals surface area (Å²) in [5.41, 5.74) is 4.29. The van der Waals surface area contributed by atoms with Gasteiger partial charge in [-0.05, 0) is 19.3 Å². The minimum atomic E-state index is -1.27. The van der Waals surface area contributed by atoms with Gasteiger partial charge in [-0.25, -0.2) is 0 Å². The Morgan fingerprint density at radius 1 is 1.50 bits per heavy atom. The van der Waals surface area contributed by atoms with Crippen LogP contribution in [-0.2, 0) is 9.53 Å². The zero-order valence-electron chi connectivity index (χ0n) is 10.7. The number of hydrogen-bond donors (Lipinski definition) is 2. The van der Waals surface area contributed by atoms with Gasteiger partial charge in [-0.15, -0.1) is 0 Å². The fourth-order valence-corrected chi connectivity index (χ4v) is 1.40. The van der Waals surface area contributed by atoms with Crippen LogP contribution in [-0.4, -0.2) is 29.8 Å². The Morgan fingerprint density at radius 2 is 2.12 bits per heavy atom. The smallest absolute Gasteiger partial charge is 0.325 e. The zero-order chi connectivity index (χ0) is 12.6. The molecule has 0 radical (unpaired) electrons. The molecule has 0 aromatic carbocycles. The van der Waals surface area contributed by atoms with E-state index in [2.05, 4.69) is 13.8 Å². The van der Waals surface area contributed by atoms with Crippen molar-refractivity contribution in [3.05, 3.63) is 0 Å². The molecule has 0 heterocycles. The van der Waals surface area contributed by atoms with Crippen LogP contribution < -0.4 is 5.73 Å². The van der Waals surface area contributed by atoms with Crippen LogP contribution in [0, 0.1) is 5.92 Å². The van der Waals surface area contributed by atoms with Crippen LogP contribution in [0.1, 0.15) is 46.5 Å². The van der Waals surface area contributed by atoms with Gasteiger partial charge in [-0.2, -0.15) is 0 Å². The summed E-state index contributed by atoms with van der Waals surface area (Å²) in [5, 5.41) is 8.80. The van der Waals surface area contributed by atoms with Crippen LogP contribution in [0.4, 0.5) is 0 Å². The van der Waals surface area contributed by atoms with E-state index in [0.29, 0.717) is 12.5 Å². The largest absolute Gasteiger partial charge is 0.480 e. The predicted molar refractivity (Wildman–Crippen MR) is 64.4 cm³/mol. The van der Waals surface area contributed by atoms with Gasteiger partial charge in [0.2, 0.25) is 0 Å². The van der Waals surface area contributed by atoms with E-state index in [1.54, 1.807) is 0 Å². The van der Waals surface area contributed by atoms with E-state index >= 15 is 0 Å². The molecule has 4 heteroatoms. The maximum Gasteiger partial charge on any atom is 0.325 e. The highest BCUT2D eigenvalue weighted by atomic mass is 16.5. The van der Waals surface area contributed by atoms with Gasteiger partial charge in [0.25, 0.3) is 0 Å².